The van der Waals surface area contributed by atoms with Crippen molar-refractivity contribution in [3.8, 4) is 0 Å². The highest BCUT2D eigenvalue weighted by Crippen LogP contribution is 2.20. The lowest BCUT2D eigenvalue weighted by molar-refractivity contribution is 0.409. The molecule has 0 bridgehead atoms. The van der Waals surface area contributed by atoms with Crippen LogP contribution in [-0.4, -0.2) is 6.54 Å². The molecule has 0 saturated carbocycles. The maximum atomic E-state index is 10.9. The van der Waals surface area contributed by atoms with Gasteiger partial charge in [0.1, 0.15) is 0 Å². The van der Waals surface area contributed by atoms with Gasteiger partial charge in [0.15, 0.2) is 0 Å². The number of nitrogens with zero attached hydrogens (tertiary/aromatic N) is 1. The summed E-state index contributed by atoms with van der Waals surface area (Å²) in [5, 5.41) is 3.25. The zero-order valence-electron chi connectivity index (χ0n) is 25.4. The first-order valence-electron chi connectivity index (χ1n) is 17.1. The molecular formula is C34H69NO. The number of unbranched alkanes of at least 4 members (excludes halogenated alkanes) is 26. The Morgan fingerprint density at radius 1 is 0.361 bits per heavy atom. The van der Waals surface area contributed by atoms with E-state index in [0.717, 1.165) is 0 Å². The maximum Gasteiger partial charge on any atom is 0.0839 e. The van der Waals surface area contributed by atoms with Gasteiger partial charge in [0.05, 0.1) is 6.54 Å². The molecule has 2 heteroatoms. The fourth-order valence-electron chi connectivity index (χ4n) is 5.69. The molecule has 0 fully saturated rings. The highest BCUT2D eigenvalue weighted by Gasteiger charge is 2.08. The van der Waals surface area contributed by atoms with Crippen molar-refractivity contribution in [2.45, 2.75) is 206 Å². The summed E-state index contributed by atoms with van der Waals surface area (Å²) < 4.78 is 0. The van der Waals surface area contributed by atoms with Crippen LogP contribution in [0.3, 0.4) is 0 Å². The number of nitroso groups, excluding NO2 is 1. The molecule has 0 spiro atoms. The molecule has 36 heavy (non-hydrogen) atoms. The van der Waals surface area contributed by atoms with Gasteiger partial charge in [0.25, 0.3) is 0 Å². The maximum absolute atomic E-state index is 10.9. The molecule has 0 amide bonds. The van der Waals surface area contributed by atoms with Crippen LogP contribution in [0.2, 0.25) is 0 Å². The zero-order valence-corrected chi connectivity index (χ0v) is 25.4. The van der Waals surface area contributed by atoms with Gasteiger partial charge < -0.3 is 0 Å². The molecule has 1 unspecified atom stereocenters. The van der Waals surface area contributed by atoms with Gasteiger partial charge in [-0.15, -0.1) is 0 Å². The minimum atomic E-state index is 0.552. The van der Waals surface area contributed by atoms with Gasteiger partial charge in [-0.25, -0.2) is 0 Å². The molecule has 0 aromatic carbocycles. The summed E-state index contributed by atoms with van der Waals surface area (Å²) in [4.78, 5) is 10.9. The lowest BCUT2D eigenvalue weighted by atomic mass is 9.94. The van der Waals surface area contributed by atoms with E-state index >= 15 is 0 Å². The molecule has 0 aromatic heterocycles. The van der Waals surface area contributed by atoms with Gasteiger partial charge in [-0.1, -0.05) is 199 Å². The smallest absolute Gasteiger partial charge is 0.0839 e. The summed E-state index contributed by atoms with van der Waals surface area (Å²) in [6, 6.07) is 0. The Morgan fingerprint density at radius 2 is 0.583 bits per heavy atom. The Morgan fingerprint density at radius 3 is 0.806 bits per heavy atom. The fraction of sp³-hybridized carbons (Fsp3) is 1.00. The summed E-state index contributed by atoms with van der Waals surface area (Å²) in [5.41, 5.74) is 0. The second kappa shape index (κ2) is 32.6. The van der Waals surface area contributed by atoms with Crippen LogP contribution in [-0.2, 0) is 0 Å². The lowest BCUT2D eigenvalue weighted by Crippen LogP contribution is -2.04. The van der Waals surface area contributed by atoms with Crippen LogP contribution in [0.5, 0.6) is 0 Å². The van der Waals surface area contributed by atoms with Crippen molar-refractivity contribution in [1.29, 1.82) is 0 Å². The quantitative estimate of drug-likeness (QED) is 0.0657. The van der Waals surface area contributed by atoms with Crippen molar-refractivity contribution in [2.24, 2.45) is 11.1 Å². The lowest BCUT2D eigenvalue weighted by Gasteiger charge is -2.13. The molecule has 0 saturated heterocycles. The minimum absolute atomic E-state index is 0.552. The summed E-state index contributed by atoms with van der Waals surface area (Å²) >= 11 is 0. The fourth-order valence-corrected chi connectivity index (χ4v) is 5.69. The van der Waals surface area contributed by atoms with Crippen LogP contribution in [0, 0.1) is 10.8 Å². The van der Waals surface area contributed by atoms with Crippen LogP contribution in [0.1, 0.15) is 206 Å². The Kier molecular flexibility index (Phi) is 32.3. The molecule has 0 N–H and O–H groups in total. The highest BCUT2D eigenvalue weighted by atomic mass is 16.3. The summed E-state index contributed by atoms with van der Waals surface area (Å²) in [6.45, 7) is 5.14. The normalized spacial score (nSPS) is 12.3. The van der Waals surface area contributed by atoms with Crippen LogP contribution in [0.15, 0.2) is 5.18 Å². The zero-order chi connectivity index (χ0) is 26.2. The van der Waals surface area contributed by atoms with Crippen molar-refractivity contribution in [1.82, 2.24) is 0 Å². The van der Waals surface area contributed by atoms with Crippen LogP contribution >= 0.6 is 0 Å². The second-order valence-electron chi connectivity index (χ2n) is 11.9. The van der Waals surface area contributed by atoms with E-state index in [9.17, 15) is 4.91 Å². The van der Waals surface area contributed by atoms with E-state index in [1.807, 2.05) is 0 Å². The Hall–Kier alpha value is -0.400. The standard InChI is InChI=1S/C34H69NO/c1-3-5-7-9-11-13-15-17-18-19-20-22-24-26-28-30-32-34(33-35-36)31-29-27-25-23-21-16-14-12-10-8-6-4-2/h34H,3-33H2,1-2H3. The summed E-state index contributed by atoms with van der Waals surface area (Å²) in [7, 11) is 0. The Bertz CT molecular complexity index is 397. The first kappa shape index (κ1) is 35.6. The van der Waals surface area contributed by atoms with Gasteiger partial charge in [-0.2, -0.15) is 4.91 Å². The minimum Gasteiger partial charge on any atom is -0.151 e. The first-order chi connectivity index (χ1) is 17.8. The van der Waals surface area contributed by atoms with Crippen LogP contribution < -0.4 is 0 Å². The van der Waals surface area contributed by atoms with Crippen molar-refractivity contribution in [2.75, 3.05) is 6.54 Å². The molecule has 216 valence electrons. The predicted molar refractivity (Wildman–Crippen MR) is 164 cm³/mol. The monoisotopic (exact) mass is 508 g/mol. The Labute approximate surface area is 228 Å². The molecule has 0 aromatic rings. The van der Waals surface area contributed by atoms with E-state index < -0.39 is 0 Å². The number of hydrogen-bond donors (Lipinski definition) is 0. The average molecular weight is 508 g/mol. The predicted octanol–water partition coefficient (Wildman–Crippen LogP) is 13.1. The van der Waals surface area contributed by atoms with E-state index in [0.29, 0.717) is 12.5 Å². The molecule has 0 aliphatic carbocycles. The van der Waals surface area contributed by atoms with E-state index in [-0.39, 0.29) is 0 Å². The summed E-state index contributed by atoms with van der Waals surface area (Å²) in [6.07, 6.45) is 42.0. The molecule has 0 rings (SSSR count). The van der Waals surface area contributed by atoms with Crippen molar-refractivity contribution in [3.63, 3.8) is 0 Å². The van der Waals surface area contributed by atoms with Crippen molar-refractivity contribution < 1.29 is 0 Å². The van der Waals surface area contributed by atoms with Crippen molar-refractivity contribution >= 4 is 0 Å². The van der Waals surface area contributed by atoms with Gasteiger partial charge in [-0.3, -0.25) is 0 Å². The molecule has 0 radical (unpaired) electrons. The third-order valence-electron chi connectivity index (χ3n) is 8.26. The van der Waals surface area contributed by atoms with Gasteiger partial charge in [-0.05, 0) is 18.8 Å². The van der Waals surface area contributed by atoms with E-state index in [2.05, 4.69) is 19.0 Å². The summed E-state index contributed by atoms with van der Waals surface area (Å²) in [5.74, 6) is 0.553. The van der Waals surface area contributed by atoms with Gasteiger partial charge in [0, 0.05) is 0 Å². The molecule has 0 aliphatic heterocycles. The molecular weight excluding hydrogens is 438 g/mol. The SMILES string of the molecule is CCCCCCCCCCCCCCCCCCC(CCCCCCCCCCCCCC)CN=O. The third-order valence-corrected chi connectivity index (χ3v) is 8.26. The Balaban J connectivity index is 3.36. The van der Waals surface area contributed by atoms with Crippen LogP contribution in [0.4, 0.5) is 0 Å². The number of rotatable bonds is 32. The topological polar surface area (TPSA) is 29.4 Å². The molecule has 2 nitrogen and oxygen atoms in total. The van der Waals surface area contributed by atoms with E-state index in [1.165, 1.54) is 193 Å². The molecule has 0 aliphatic rings. The average Bonchev–Trinajstić information content (AvgIpc) is 2.89. The van der Waals surface area contributed by atoms with E-state index in [1.54, 1.807) is 0 Å². The largest absolute Gasteiger partial charge is 0.151 e. The highest BCUT2D eigenvalue weighted by molar-refractivity contribution is 4.63. The van der Waals surface area contributed by atoms with Crippen LogP contribution in [0.25, 0.3) is 0 Å². The molecule has 0 heterocycles. The first-order valence-corrected chi connectivity index (χ1v) is 17.1. The van der Waals surface area contributed by atoms with Crippen molar-refractivity contribution in [3.05, 3.63) is 4.91 Å². The second-order valence-corrected chi connectivity index (χ2v) is 11.9. The third kappa shape index (κ3) is 29.8. The van der Waals surface area contributed by atoms with Gasteiger partial charge >= 0.3 is 0 Å². The molecule has 1 atom stereocenters. The van der Waals surface area contributed by atoms with E-state index in [4.69, 9.17) is 0 Å². The number of hydrogen-bond acceptors (Lipinski definition) is 2. The van der Waals surface area contributed by atoms with Gasteiger partial charge in [0.2, 0.25) is 0 Å².